The van der Waals surface area contributed by atoms with Crippen molar-refractivity contribution in [2.45, 2.75) is 67.2 Å². The van der Waals surface area contributed by atoms with Crippen LogP contribution in [0.2, 0.25) is 0 Å². The molecule has 2 rings (SSSR count). The Bertz CT molecular complexity index is 493. The van der Waals surface area contributed by atoms with Crippen LogP contribution in [0.3, 0.4) is 0 Å². The minimum atomic E-state index is 0. The van der Waals surface area contributed by atoms with E-state index in [2.05, 4.69) is 84.0 Å². The summed E-state index contributed by atoms with van der Waals surface area (Å²) in [5.41, 5.74) is 5.75. The highest BCUT2D eigenvalue weighted by molar-refractivity contribution is 5.75. The molecule has 0 nitrogen and oxygen atoms in total. The van der Waals surface area contributed by atoms with Gasteiger partial charge in [0.05, 0.1) is 0 Å². The summed E-state index contributed by atoms with van der Waals surface area (Å²) in [5.74, 6) is 1.31. The Morgan fingerprint density at radius 1 is 0.609 bits per heavy atom. The summed E-state index contributed by atoms with van der Waals surface area (Å²) in [4.78, 5) is 0. The van der Waals surface area contributed by atoms with Gasteiger partial charge in [0.1, 0.15) is 0 Å². The lowest BCUT2D eigenvalue weighted by Gasteiger charge is -2.12. The molecule has 0 aromatic heterocycles. The molecule has 2 aromatic carbocycles. The van der Waals surface area contributed by atoms with Gasteiger partial charge in [-0.25, -0.2) is 0 Å². The number of rotatable bonds is 2. The van der Waals surface area contributed by atoms with Crippen LogP contribution in [-0.2, 0) is 0 Å². The van der Waals surface area contributed by atoms with Gasteiger partial charge in [-0.3, -0.25) is 0 Å². The summed E-state index contributed by atoms with van der Waals surface area (Å²) in [6.07, 6.45) is 0. The normalized spacial score (nSPS) is 9.30. The number of aryl methyl sites for hydroxylation is 2. The molecular weight excluding hydrogens is 275 g/mol. The summed E-state index contributed by atoms with van der Waals surface area (Å²) >= 11 is 0. The monoisotopic (exact) mass is 309 g/mol. The van der Waals surface area contributed by atoms with Crippen LogP contribution in [0.4, 0.5) is 0 Å². The maximum Gasteiger partial charge on any atom is 0 e. The first-order chi connectivity index (χ1) is 10.4. The van der Waals surface area contributed by atoms with E-state index in [0.29, 0.717) is 11.8 Å². The fourth-order valence-corrected chi connectivity index (χ4v) is 2.58. The minimum Gasteiger partial charge on any atom is -0.0683 e. The Kier molecular flexibility index (Phi) is 13.4. The average molecular weight is 309 g/mol. The van der Waals surface area contributed by atoms with Crippen LogP contribution in [0.1, 0.15) is 75.6 Å². The number of hydrogen-bond acceptors (Lipinski definition) is 0. The van der Waals surface area contributed by atoms with E-state index in [1.165, 1.54) is 22.3 Å². The Hall–Kier alpha value is -1.50. The van der Waals surface area contributed by atoms with E-state index in [0.717, 1.165) is 0 Å². The zero-order valence-corrected chi connectivity index (χ0v) is 16.4. The molecule has 0 bridgehead atoms. The van der Waals surface area contributed by atoms with Gasteiger partial charge < -0.3 is 0 Å². The highest BCUT2D eigenvalue weighted by Gasteiger charge is 2.04. The van der Waals surface area contributed by atoms with Gasteiger partial charge in [-0.15, -0.1) is 0 Å². The van der Waals surface area contributed by atoms with E-state index >= 15 is 0 Å². The minimum absolute atomic E-state index is 0. The SMILES string of the molecule is CC.CC(C)c1ccccc1.Cc1cccc(C)c1C(C)C.[B]. The van der Waals surface area contributed by atoms with Gasteiger partial charge in [0, 0.05) is 8.41 Å². The largest absolute Gasteiger partial charge is 0.0683 e. The van der Waals surface area contributed by atoms with Crippen molar-refractivity contribution in [1.29, 1.82) is 0 Å². The molecule has 125 valence electrons. The quantitative estimate of drug-likeness (QED) is 0.530. The predicted molar refractivity (Wildman–Crippen MR) is 108 cm³/mol. The van der Waals surface area contributed by atoms with Gasteiger partial charge in [0.15, 0.2) is 0 Å². The first kappa shape index (κ1) is 23.8. The molecule has 23 heavy (non-hydrogen) atoms. The highest BCUT2D eigenvalue weighted by atomic mass is 14.1. The molecule has 1 heteroatoms. The molecule has 0 spiro atoms. The maximum atomic E-state index is 2.25. The maximum absolute atomic E-state index is 2.25. The van der Waals surface area contributed by atoms with Gasteiger partial charge in [-0.2, -0.15) is 0 Å². The Morgan fingerprint density at radius 3 is 1.30 bits per heavy atom. The van der Waals surface area contributed by atoms with E-state index in [1.807, 2.05) is 19.9 Å². The molecule has 0 N–H and O–H groups in total. The summed E-state index contributed by atoms with van der Waals surface area (Å²) < 4.78 is 0. The van der Waals surface area contributed by atoms with E-state index in [4.69, 9.17) is 0 Å². The van der Waals surface area contributed by atoms with Crippen LogP contribution >= 0.6 is 0 Å². The van der Waals surface area contributed by atoms with Gasteiger partial charge in [0.2, 0.25) is 0 Å². The van der Waals surface area contributed by atoms with Gasteiger partial charge in [-0.1, -0.05) is 90.1 Å². The fourth-order valence-electron chi connectivity index (χ4n) is 2.58. The third-order valence-electron chi connectivity index (χ3n) is 3.59. The lowest BCUT2D eigenvalue weighted by molar-refractivity contribution is 0.846. The molecule has 0 saturated heterocycles. The van der Waals surface area contributed by atoms with Gasteiger partial charge in [-0.05, 0) is 47.9 Å². The van der Waals surface area contributed by atoms with Crippen LogP contribution < -0.4 is 0 Å². The fraction of sp³-hybridized carbons (Fsp3) is 0.455. The molecule has 0 atom stereocenters. The van der Waals surface area contributed by atoms with Crippen molar-refractivity contribution in [1.82, 2.24) is 0 Å². The Balaban J connectivity index is 0. The van der Waals surface area contributed by atoms with Gasteiger partial charge in [0.25, 0.3) is 0 Å². The summed E-state index contributed by atoms with van der Waals surface area (Å²) in [7, 11) is 0. The van der Waals surface area contributed by atoms with Gasteiger partial charge >= 0.3 is 0 Å². The number of benzene rings is 2. The first-order valence-corrected chi connectivity index (χ1v) is 8.54. The van der Waals surface area contributed by atoms with Crippen LogP contribution in [0.25, 0.3) is 0 Å². The molecule has 0 aliphatic rings. The highest BCUT2D eigenvalue weighted by Crippen LogP contribution is 2.22. The molecule has 0 unspecified atom stereocenters. The zero-order valence-electron chi connectivity index (χ0n) is 16.4. The summed E-state index contributed by atoms with van der Waals surface area (Å²) in [6, 6.07) is 17.0. The molecule has 0 heterocycles. The van der Waals surface area contributed by atoms with Crippen molar-refractivity contribution < 1.29 is 0 Å². The molecule has 2 aromatic rings. The standard InChI is InChI=1S/C11H16.C9H12.C2H6.B/c1-8(2)11-9(3)6-5-7-10(11)4;1-8(2)9-6-4-3-5-7-9;1-2;/h5-8H,1-4H3;3-8H,1-2H3;1-2H3;. The molecule has 0 aliphatic heterocycles. The second-order valence-electron chi connectivity index (χ2n) is 6.03. The number of hydrogen-bond donors (Lipinski definition) is 0. The van der Waals surface area contributed by atoms with Crippen molar-refractivity contribution in [3.8, 4) is 0 Å². The molecule has 0 fully saturated rings. The molecular formula is C22H34B. The molecule has 3 radical (unpaired) electrons. The average Bonchev–Trinajstić information content (AvgIpc) is 2.50. The smallest absolute Gasteiger partial charge is 0 e. The van der Waals surface area contributed by atoms with Crippen molar-refractivity contribution in [2.24, 2.45) is 0 Å². The second-order valence-corrected chi connectivity index (χ2v) is 6.03. The van der Waals surface area contributed by atoms with Crippen LogP contribution in [0.5, 0.6) is 0 Å². The topological polar surface area (TPSA) is 0 Å². The third-order valence-corrected chi connectivity index (χ3v) is 3.59. The van der Waals surface area contributed by atoms with E-state index in [-0.39, 0.29) is 8.41 Å². The lowest BCUT2D eigenvalue weighted by Crippen LogP contribution is -1.94. The van der Waals surface area contributed by atoms with Crippen LogP contribution in [0.15, 0.2) is 48.5 Å². The molecule has 0 amide bonds. The van der Waals surface area contributed by atoms with Crippen molar-refractivity contribution in [2.75, 3.05) is 0 Å². The van der Waals surface area contributed by atoms with Crippen molar-refractivity contribution in [3.05, 3.63) is 70.8 Å². The van der Waals surface area contributed by atoms with Crippen LogP contribution in [-0.4, -0.2) is 8.41 Å². The summed E-state index contributed by atoms with van der Waals surface area (Å²) in [5, 5.41) is 0. The van der Waals surface area contributed by atoms with Crippen LogP contribution in [0, 0.1) is 13.8 Å². The van der Waals surface area contributed by atoms with E-state index in [1.54, 1.807) is 0 Å². The second kappa shape index (κ2) is 13.0. The van der Waals surface area contributed by atoms with E-state index in [9.17, 15) is 0 Å². The summed E-state index contributed by atoms with van der Waals surface area (Å²) in [6.45, 7) is 17.3. The van der Waals surface area contributed by atoms with E-state index < -0.39 is 0 Å². The Labute approximate surface area is 146 Å². The predicted octanol–water partition coefficient (Wildman–Crippen LogP) is 6.88. The Morgan fingerprint density at radius 2 is 1.04 bits per heavy atom. The molecule has 0 aliphatic carbocycles. The van der Waals surface area contributed by atoms with Crippen molar-refractivity contribution >= 4 is 8.41 Å². The molecule has 0 saturated carbocycles. The first-order valence-electron chi connectivity index (χ1n) is 8.54. The zero-order chi connectivity index (χ0) is 17.1. The third kappa shape index (κ3) is 8.64. The van der Waals surface area contributed by atoms with Crippen molar-refractivity contribution in [3.63, 3.8) is 0 Å². The lowest BCUT2D eigenvalue weighted by atomic mass is 9.94.